The van der Waals surface area contributed by atoms with Crippen LogP contribution in [0.5, 0.6) is 0 Å². The number of carbonyl (C=O) groups is 2. The topological polar surface area (TPSA) is 113 Å². The molecule has 1 aromatic heterocycles. The fourth-order valence-electron chi connectivity index (χ4n) is 2.08. The minimum atomic E-state index is -3.58. The molecule has 0 fully saturated rings. The van der Waals surface area contributed by atoms with E-state index in [9.17, 15) is 18.0 Å². The summed E-state index contributed by atoms with van der Waals surface area (Å²) in [5.74, 6) is -0.956. The lowest BCUT2D eigenvalue weighted by Crippen LogP contribution is -2.40. The first-order chi connectivity index (χ1) is 11.7. The van der Waals surface area contributed by atoms with Crippen LogP contribution in [-0.2, 0) is 21.4 Å². The van der Waals surface area contributed by atoms with Gasteiger partial charge in [-0.25, -0.2) is 12.7 Å². The molecule has 0 aliphatic heterocycles. The Bertz CT molecular complexity index is 910. The fraction of sp³-hybridized carbons (Fsp3) is 0.188. The molecule has 0 bridgehead atoms. The molecular weight excluding hydrogens is 344 g/mol. The maximum Gasteiger partial charge on any atom is 0.290 e. The van der Waals surface area contributed by atoms with E-state index in [0.717, 1.165) is 4.31 Å². The highest BCUT2D eigenvalue weighted by Crippen LogP contribution is 2.17. The summed E-state index contributed by atoms with van der Waals surface area (Å²) in [4.78, 5) is 23.4. The normalized spacial score (nSPS) is 11.3. The van der Waals surface area contributed by atoms with Gasteiger partial charge in [0.15, 0.2) is 12.4 Å². The summed E-state index contributed by atoms with van der Waals surface area (Å²) in [7, 11) is -0.717. The molecule has 0 unspecified atom stereocenters. The predicted molar refractivity (Wildman–Crippen MR) is 91.1 cm³/mol. The van der Waals surface area contributed by atoms with Crippen molar-refractivity contribution >= 4 is 27.5 Å². The highest BCUT2D eigenvalue weighted by Gasteiger charge is 2.18. The van der Waals surface area contributed by atoms with E-state index in [2.05, 4.69) is 5.32 Å². The van der Waals surface area contributed by atoms with E-state index in [1.54, 1.807) is 30.5 Å². The molecular formula is C16H19N4O4S+. The van der Waals surface area contributed by atoms with E-state index in [1.807, 2.05) is 0 Å². The van der Waals surface area contributed by atoms with Crippen molar-refractivity contribution in [3.63, 3.8) is 0 Å². The Labute approximate surface area is 145 Å². The highest BCUT2D eigenvalue weighted by atomic mass is 32.2. The summed E-state index contributed by atoms with van der Waals surface area (Å²) in [5.41, 5.74) is 5.85. The van der Waals surface area contributed by atoms with Crippen molar-refractivity contribution in [2.45, 2.75) is 11.4 Å². The van der Waals surface area contributed by atoms with Gasteiger partial charge in [-0.3, -0.25) is 9.59 Å². The number of sulfonamides is 1. The molecule has 9 heteroatoms. The van der Waals surface area contributed by atoms with E-state index in [1.165, 1.54) is 37.0 Å². The third kappa shape index (κ3) is 4.61. The molecule has 132 valence electrons. The van der Waals surface area contributed by atoms with E-state index in [4.69, 9.17) is 5.73 Å². The van der Waals surface area contributed by atoms with Crippen LogP contribution in [0.15, 0.2) is 53.7 Å². The van der Waals surface area contributed by atoms with Gasteiger partial charge in [-0.05, 0) is 24.3 Å². The lowest BCUT2D eigenvalue weighted by atomic mass is 10.2. The molecule has 3 N–H and O–H groups in total. The molecule has 0 saturated carbocycles. The van der Waals surface area contributed by atoms with Crippen LogP contribution in [0.3, 0.4) is 0 Å². The molecule has 0 atom stereocenters. The van der Waals surface area contributed by atoms with Crippen LogP contribution in [0.1, 0.15) is 10.4 Å². The number of hydrogen-bond donors (Lipinski definition) is 2. The smallest absolute Gasteiger partial charge is 0.290 e. The number of nitrogens with one attached hydrogen (secondary N) is 1. The second-order valence-corrected chi connectivity index (χ2v) is 7.64. The first kappa shape index (κ1) is 18.6. The lowest BCUT2D eigenvalue weighted by molar-refractivity contribution is -0.684. The van der Waals surface area contributed by atoms with Crippen LogP contribution in [0.2, 0.25) is 0 Å². The van der Waals surface area contributed by atoms with Crippen LogP contribution < -0.4 is 15.6 Å². The van der Waals surface area contributed by atoms with Crippen LogP contribution in [0.4, 0.5) is 5.69 Å². The second-order valence-electron chi connectivity index (χ2n) is 5.49. The van der Waals surface area contributed by atoms with Gasteiger partial charge >= 0.3 is 0 Å². The summed E-state index contributed by atoms with van der Waals surface area (Å²) in [6, 6.07) is 9.14. The number of amides is 2. The van der Waals surface area contributed by atoms with Crippen molar-refractivity contribution in [3.8, 4) is 0 Å². The molecule has 8 nitrogen and oxygen atoms in total. The van der Waals surface area contributed by atoms with E-state index in [0.29, 0.717) is 5.69 Å². The summed E-state index contributed by atoms with van der Waals surface area (Å²) < 4.78 is 26.9. The zero-order valence-corrected chi connectivity index (χ0v) is 14.7. The number of pyridine rings is 1. The lowest BCUT2D eigenvalue weighted by Gasteiger charge is -2.12. The van der Waals surface area contributed by atoms with Crippen molar-refractivity contribution in [3.05, 3.63) is 54.4 Å². The van der Waals surface area contributed by atoms with Crippen LogP contribution in [0, 0.1) is 0 Å². The number of hydrogen-bond acceptors (Lipinski definition) is 4. The van der Waals surface area contributed by atoms with Crippen molar-refractivity contribution < 1.29 is 22.6 Å². The third-order valence-corrected chi connectivity index (χ3v) is 5.18. The Kier molecular flexibility index (Phi) is 5.50. The largest absolute Gasteiger partial charge is 0.365 e. The Hall–Kier alpha value is -2.78. The quantitative estimate of drug-likeness (QED) is 0.701. The second kappa shape index (κ2) is 7.41. The van der Waals surface area contributed by atoms with Crippen LogP contribution in [-0.4, -0.2) is 38.6 Å². The first-order valence-corrected chi connectivity index (χ1v) is 8.75. The predicted octanol–water partition coefficient (Wildman–Crippen LogP) is -0.0380. The molecule has 1 aromatic carbocycles. The van der Waals surface area contributed by atoms with Gasteiger partial charge in [-0.1, -0.05) is 6.07 Å². The maximum absolute atomic E-state index is 12.1. The zero-order chi connectivity index (χ0) is 18.6. The standard InChI is InChI=1S/C16H18N4O4S/c1-19(2)25(23,24)14-7-3-6-13(9-14)18-15(21)11-20-8-4-5-12(10-20)16(17)22/h3-10H,11H2,1-2H3,(H2-,17,18,21,22)/p+1. The molecule has 2 aromatic rings. The number of nitrogens with zero attached hydrogens (tertiary/aromatic N) is 2. The molecule has 1 heterocycles. The van der Waals surface area contributed by atoms with Gasteiger partial charge in [0.05, 0.1) is 4.90 Å². The Balaban J connectivity index is 2.14. The Morgan fingerprint density at radius 3 is 2.56 bits per heavy atom. The van der Waals surface area contributed by atoms with Crippen molar-refractivity contribution in [1.29, 1.82) is 0 Å². The molecule has 0 aliphatic rings. The molecule has 2 amide bonds. The van der Waals surface area contributed by atoms with Crippen molar-refractivity contribution in [1.82, 2.24) is 4.31 Å². The van der Waals surface area contributed by atoms with Gasteiger partial charge in [-0.15, -0.1) is 0 Å². The molecule has 0 radical (unpaired) electrons. The number of carbonyl (C=O) groups excluding carboxylic acids is 2. The van der Waals surface area contributed by atoms with Gasteiger partial charge in [0.2, 0.25) is 16.6 Å². The number of benzene rings is 1. The summed E-state index contributed by atoms with van der Waals surface area (Å²) >= 11 is 0. The highest BCUT2D eigenvalue weighted by molar-refractivity contribution is 7.89. The number of aromatic nitrogens is 1. The minimum Gasteiger partial charge on any atom is -0.365 e. The summed E-state index contributed by atoms with van der Waals surface area (Å²) in [6.07, 6.45) is 3.09. The minimum absolute atomic E-state index is 0.0498. The summed E-state index contributed by atoms with van der Waals surface area (Å²) in [5, 5.41) is 2.63. The van der Waals surface area contributed by atoms with Crippen LogP contribution >= 0.6 is 0 Å². The van der Waals surface area contributed by atoms with Crippen molar-refractivity contribution in [2.24, 2.45) is 5.73 Å². The number of rotatable bonds is 6. The average molecular weight is 363 g/mol. The monoisotopic (exact) mass is 363 g/mol. The Morgan fingerprint density at radius 2 is 1.92 bits per heavy atom. The van der Waals surface area contributed by atoms with Gasteiger partial charge in [-0.2, -0.15) is 4.57 Å². The van der Waals surface area contributed by atoms with Gasteiger partial charge in [0.1, 0.15) is 5.56 Å². The Morgan fingerprint density at radius 1 is 1.20 bits per heavy atom. The molecule has 0 saturated heterocycles. The summed E-state index contributed by atoms with van der Waals surface area (Å²) in [6.45, 7) is -0.0498. The third-order valence-electron chi connectivity index (χ3n) is 3.37. The maximum atomic E-state index is 12.1. The first-order valence-electron chi connectivity index (χ1n) is 7.31. The van der Waals surface area contributed by atoms with Crippen LogP contribution in [0.25, 0.3) is 0 Å². The van der Waals surface area contributed by atoms with Crippen molar-refractivity contribution in [2.75, 3.05) is 19.4 Å². The average Bonchev–Trinajstić information content (AvgIpc) is 2.55. The van der Waals surface area contributed by atoms with Gasteiger partial charge < -0.3 is 11.1 Å². The SMILES string of the molecule is CN(C)S(=O)(=O)c1cccc(NC(=O)C[n+]2cccc(C(N)=O)c2)c1. The number of anilines is 1. The van der Waals surface area contributed by atoms with E-state index < -0.39 is 15.9 Å². The van der Waals surface area contributed by atoms with Gasteiger partial charge in [0, 0.05) is 25.8 Å². The zero-order valence-electron chi connectivity index (χ0n) is 13.8. The fourth-order valence-corrected chi connectivity index (χ4v) is 3.03. The number of primary amides is 1. The van der Waals surface area contributed by atoms with E-state index >= 15 is 0 Å². The molecule has 0 spiro atoms. The molecule has 25 heavy (non-hydrogen) atoms. The van der Waals surface area contributed by atoms with Gasteiger partial charge in [0.25, 0.3) is 11.8 Å². The van der Waals surface area contributed by atoms with E-state index in [-0.39, 0.29) is 22.9 Å². The molecule has 0 aliphatic carbocycles. The molecule has 2 rings (SSSR count). The number of nitrogens with two attached hydrogens (primary N) is 1.